The van der Waals surface area contributed by atoms with Crippen LogP contribution in [0.2, 0.25) is 5.02 Å². The largest absolute Gasteiger partial charge is 0.449 e. The summed E-state index contributed by atoms with van der Waals surface area (Å²) >= 11 is 6.03. The van der Waals surface area contributed by atoms with E-state index >= 15 is 0 Å². The number of halogens is 4. The van der Waals surface area contributed by atoms with Crippen LogP contribution >= 0.6 is 11.6 Å². The summed E-state index contributed by atoms with van der Waals surface area (Å²) in [7, 11) is -3.92. The Morgan fingerprint density at radius 2 is 1.75 bits per heavy atom. The minimum absolute atomic E-state index is 0.0759. The van der Waals surface area contributed by atoms with Crippen LogP contribution < -0.4 is 5.32 Å². The lowest BCUT2D eigenvalue weighted by Crippen LogP contribution is -2.31. The third kappa shape index (κ3) is 4.89. The molecule has 12 heteroatoms. The Morgan fingerprint density at radius 1 is 1.09 bits per heavy atom. The maximum Gasteiger partial charge on any atom is 0.338 e. The minimum Gasteiger partial charge on any atom is -0.449 e. The van der Waals surface area contributed by atoms with E-state index in [4.69, 9.17) is 16.3 Å². The van der Waals surface area contributed by atoms with Crippen molar-refractivity contribution in [2.45, 2.75) is 30.8 Å². The fourth-order valence-corrected chi connectivity index (χ4v) is 5.05. The van der Waals surface area contributed by atoms with E-state index < -0.39 is 51.1 Å². The topological polar surface area (TPSA) is 92.8 Å². The standard InChI is InChI=1S/C20H18ClF3N2O5S/c1-11(19(27)25-15-7-6-14(22)17(23)18(15)24)31-20(28)12-4-5-13(21)16(10-12)32(29,30)26-8-2-3-9-26/h4-7,10-11H,2-3,8-9H2,1H3,(H,25,27). The number of hydrogen-bond acceptors (Lipinski definition) is 5. The second kappa shape index (κ2) is 9.47. The molecule has 1 unspecified atom stereocenters. The molecule has 32 heavy (non-hydrogen) atoms. The van der Waals surface area contributed by atoms with Crippen molar-refractivity contribution in [3.8, 4) is 0 Å². The lowest BCUT2D eigenvalue weighted by molar-refractivity contribution is -0.123. The Labute approximate surface area is 187 Å². The summed E-state index contributed by atoms with van der Waals surface area (Å²) in [4.78, 5) is 24.4. The van der Waals surface area contributed by atoms with Crippen LogP contribution in [0.3, 0.4) is 0 Å². The first-order chi connectivity index (χ1) is 15.0. The second-order valence-corrected chi connectivity index (χ2v) is 9.33. The van der Waals surface area contributed by atoms with Gasteiger partial charge in [0.15, 0.2) is 23.6 Å². The van der Waals surface area contributed by atoms with E-state index in [0.29, 0.717) is 32.0 Å². The highest BCUT2D eigenvalue weighted by Crippen LogP contribution is 2.28. The van der Waals surface area contributed by atoms with Gasteiger partial charge in [0.1, 0.15) is 4.90 Å². The van der Waals surface area contributed by atoms with Gasteiger partial charge in [-0.2, -0.15) is 4.31 Å². The van der Waals surface area contributed by atoms with Crippen molar-refractivity contribution >= 4 is 39.2 Å². The molecule has 1 saturated heterocycles. The first kappa shape index (κ1) is 24.0. The van der Waals surface area contributed by atoms with E-state index in [1.807, 2.05) is 5.32 Å². The Bertz CT molecular complexity index is 1170. The maximum absolute atomic E-state index is 13.7. The second-order valence-electron chi connectivity index (χ2n) is 7.02. The van der Waals surface area contributed by atoms with Crippen molar-refractivity contribution in [1.82, 2.24) is 4.31 Å². The quantitative estimate of drug-likeness (QED) is 0.492. The van der Waals surface area contributed by atoms with Gasteiger partial charge in [-0.1, -0.05) is 11.6 Å². The molecule has 2 aromatic carbocycles. The number of hydrogen-bond donors (Lipinski definition) is 1. The lowest BCUT2D eigenvalue weighted by atomic mass is 10.2. The molecule has 2 aromatic rings. The van der Waals surface area contributed by atoms with Crippen LogP contribution in [0, 0.1) is 17.5 Å². The molecule has 0 spiro atoms. The number of carbonyl (C=O) groups excluding carboxylic acids is 2. The first-order valence-corrected chi connectivity index (χ1v) is 11.3. The Balaban J connectivity index is 1.74. The van der Waals surface area contributed by atoms with Gasteiger partial charge < -0.3 is 10.1 Å². The highest BCUT2D eigenvalue weighted by molar-refractivity contribution is 7.89. The summed E-state index contributed by atoms with van der Waals surface area (Å²) in [6.45, 7) is 1.85. The average Bonchev–Trinajstić information content (AvgIpc) is 3.30. The van der Waals surface area contributed by atoms with Crippen LogP contribution in [0.25, 0.3) is 0 Å². The van der Waals surface area contributed by atoms with E-state index in [1.54, 1.807) is 0 Å². The molecule has 3 rings (SSSR count). The van der Waals surface area contributed by atoms with E-state index in [-0.39, 0.29) is 15.5 Å². The van der Waals surface area contributed by atoms with Crippen molar-refractivity contribution in [2.75, 3.05) is 18.4 Å². The van der Waals surface area contributed by atoms with Crippen LogP contribution in [-0.2, 0) is 19.6 Å². The van der Waals surface area contributed by atoms with E-state index in [0.717, 1.165) is 12.1 Å². The zero-order chi connectivity index (χ0) is 23.6. The number of anilines is 1. The van der Waals surface area contributed by atoms with Gasteiger partial charge >= 0.3 is 5.97 Å². The number of ether oxygens (including phenoxy) is 1. The predicted molar refractivity (Wildman–Crippen MR) is 109 cm³/mol. The van der Waals surface area contributed by atoms with Crippen LogP contribution in [-0.4, -0.2) is 43.8 Å². The minimum atomic E-state index is -3.92. The first-order valence-electron chi connectivity index (χ1n) is 9.47. The third-order valence-corrected chi connectivity index (χ3v) is 7.18. The lowest BCUT2D eigenvalue weighted by Gasteiger charge is -2.18. The molecular formula is C20H18ClF3N2O5S. The summed E-state index contributed by atoms with van der Waals surface area (Å²) in [6.07, 6.45) is -0.0441. The summed E-state index contributed by atoms with van der Waals surface area (Å²) in [5.74, 6) is -6.84. The molecule has 1 aliphatic rings. The number of sulfonamides is 1. The Morgan fingerprint density at radius 3 is 2.41 bits per heavy atom. The maximum atomic E-state index is 13.7. The Hall–Kier alpha value is -2.63. The van der Waals surface area contributed by atoms with Crippen molar-refractivity contribution in [3.05, 3.63) is 58.4 Å². The van der Waals surface area contributed by atoms with Gasteiger partial charge in [-0.15, -0.1) is 0 Å². The smallest absolute Gasteiger partial charge is 0.338 e. The van der Waals surface area contributed by atoms with Gasteiger partial charge in [-0.3, -0.25) is 4.79 Å². The molecule has 0 radical (unpaired) electrons. The molecule has 7 nitrogen and oxygen atoms in total. The fraction of sp³-hybridized carbons (Fsp3) is 0.300. The molecule has 172 valence electrons. The summed E-state index contributed by atoms with van der Waals surface area (Å²) in [5, 5.41) is 1.92. The zero-order valence-electron chi connectivity index (χ0n) is 16.7. The van der Waals surface area contributed by atoms with Gasteiger partial charge in [-0.25, -0.2) is 26.4 Å². The SMILES string of the molecule is CC(OC(=O)c1ccc(Cl)c(S(=O)(=O)N2CCCC2)c1)C(=O)Nc1ccc(F)c(F)c1F. The number of amides is 1. The summed E-state index contributed by atoms with van der Waals surface area (Å²) < 4.78 is 71.9. The van der Waals surface area contributed by atoms with Crippen LogP contribution in [0.15, 0.2) is 35.2 Å². The normalized spacial score (nSPS) is 15.4. The molecule has 0 saturated carbocycles. The highest BCUT2D eigenvalue weighted by atomic mass is 35.5. The van der Waals surface area contributed by atoms with Crippen molar-refractivity contribution in [2.24, 2.45) is 0 Å². The molecule has 1 aliphatic heterocycles. The van der Waals surface area contributed by atoms with Crippen molar-refractivity contribution in [3.63, 3.8) is 0 Å². The zero-order valence-corrected chi connectivity index (χ0v) is 18.3. The number of rotatable bonds is 6. The molecule has 1 amide bonds. The van der Waals surface area contributed by atoms with Gasteiger partial charge in [0.05, 0.1) is 16.3 Å². The number of esters is 1. The van der Waals surface area contributed by atoms with E-state index in [9.17, 15) is 31.2 Å². The van der Waals surface area contributed by atoms with Gasteiger partial charge in [0.2, 0.25) is 10.0 Å². The van der Waals surface area contributed by atoms with E-state index in [1.165, 1.54) is 23.4 Å². The monoisotopic (exact) mass is 490 g/mol. The van der Waals surface area contributed by atoms with Crippen LogP contribution in [0.5, 0.6) is 0 Å². The van der Waals surface area contributed by atoms with Crippen LogP contribution in [0.1, 0.15) is 30.1 Å². The van der Waals surface area contributed by atoms with Gasteiger partial charge in [-0.05, 0) is 50.1 Å². The van der Waals surface area contributed by atoms with Crippen molar-refractivity contribution in [1.29, 1.82) is 0 Å². The van der Waals surface area contributed by atoms with Crippen LogP contribution in [0.4, 0.5) is 18.9 Å². The number of carbonyl (C=O) groups is 2. The fourth-order valence-electron chi connectivity index (χ4n) is 3.03. The molecule has 0 bridgehead atoms. The molecular weight excluding hydrogens is 473 g/mol. The average molecular weight is 491 g/mol. The molecule has 1 atom stereocenters. The Kier molecular flexibility index (Phi) is 7.11. The predicted octanol–water partition coefficient (Wildman–Crippen LogP) is 3.73. The molecule has 0 aliphatic carbocycles. The molecule has 0 aromatic heterocycles. The number of nitrogens with zero attached hydrogens (tertiary/aromatic N) is 1. The van der Waals surface area contributed by atoms with Gasteiger partial charge in [0.25, 0.3) is 5.91 Å². The van der Waals surface area contributed by atoms with Gasteiger partial charge in [0, 0.05) is 13.1 Å². The van der Waals surface area contributed by atoms with E-state index in [2.05, 4.69) is 0 Å². The number of benzene rings is 2. The molecule has 1 N–H and O–H groups in total. The molecule has 1 heterocycles. The molecule has 1 fully saturated rings. The third-order valence-electron chi connectivity index (χ3n) is 4.80. The van der Waals surface area contributed by atoms with Crippen molar-refractivity contribution < 1.29 is 35.9 Å². The summed E-state index contributed by atoms with van der Waals surface area (Å²) in [6, 6.07) is 4.95. The summed E-state index contributed by atoms with van der Waals surface area (Å²) in [5.41, 5.74) is -0.812. The number of nitrogens with one attached hydrogen (secondary N) is 1. The highest BCUT2D eigenvalue weighted by Gasteiger charge is 2.30.